The van der Waals surface area contributed by atoms with Gasteiger partial charge in [-0.05, 0) is 57.4 Å². The van der Waals surface area contributed by atoms with Crippen molar-refractivity contribution in [3.05, 3.63) is 48.6 Å². The average molecular weight is 531 g/mol. The van der Waals surface area contributed by atoms with Gasteiger partial charge in [-0.2, -0.15) is 0 Å². The Labute approximate surface area is 234 Å². The molecule has 0 aromatic heterocycles. The second-order valence-corrected chi connectivity index (χ2v) is 10.3. The Morgan fingerprint density at radius 3 is 1.63 bits per heavy atom. The number of rotatable bonds is 27. The van der Waals surface area contributed by atoms with E-state index in [4.69, 9.17) is 9.84 Å². The van der Waals surface area contributed by atoms with Gasteiger partial charge in [-0.25, -0.2) is 0 Å². The number of carboxylic acid groups (broad SMARTS) is 1. The summed E-state index contributed by atoms with van der Waals surface area (Å²) >= 11 is 0. The predicted molar refractivity (Wildman–Crippen MR) is 162 cm³/mol. The van der Waals surface area contributed by atoms with Crippen LogP contribution in [0.3, 0.4) is 0 Å². The van der Waals surface area contributed by atoms with E-state index in [1.54, 1.807) is 0 Å². The van der Waals surface area contributed by atoms with Crippen LogP contribution >= 0.6 is 0 Å². The van der Waals surface area contributed by atoms with Gasteiger partial charge in [-0.3, -0.25) is 9.59 Å². The fourth-order valence-electron chi connectivity index (χ4n) is 4.27. The molecule has 0 radical (unpaired) electrons. The van der Waals surface area contributed by atoms with E-state index < -0.39 is 5.97 Å². The molecule has 0 saturated carbocycles. The Kier molecular flexibility index (Phi) is 27.8. The fraction of sp³-hybridized carbons (Fsp3) is 0.706. The summed E-state index contributed by atoms with van der Waals surface area (Å²) in [5.74, 6) is -0.801. The summed E-state index contributed by atoms with van der Waals surface area (Å²) in [5.41, 5.74) is 0. The zero-order valence-electron chi connectivity index (χ0n) is 24.7. The van der Waals surface area contributed by atoms with E-state index in [-0.39, 0.29) is 18.5 Å². The molecule has 38 heavy (non-hydrogen) atoms. The van der Waals surface area contributed by atoms with Crippen LogP contribution in [0, 0.1) is 0 Å². The molecule has 218 valence electrons. The largest absolute Gasteiger partial charge is 0.481 e. The van der Waals surface area contributed by atoms with Gasteiger partial charge in [-0.1, -0.05) is 127 Å². The topological polar surface area (TPSA) is 63.6 Å². The molecule has 0 aliphatic carbocycles. The summed E-state index contributed by atoms with van der Waals surface area (Å²) in [5, 5.41) is 8.75. The number of hydrogen-bond donors (Lipinski definition) is 1. The van der Waals surface area contributed by atoms with Gasteiger partial charge in [0.15, 0.2) is 0 Å². The van der Waals surface area contributed by atoms with Crippen LogP contribution in [0.2, 0.25) is 0 Å². The molecule has 0 spiro atoms. The minimum absolute atomic E-state index is 0.0816. The van der Waals surface area contributed by atoms with Gasteiger partial charge in [0.05, 0.1) is 0 Å². The smallest absolute Gasteiger partial charge is 0.306 e. The van der Waals surface area contributed by atoms with Gasteiger partial charge in [0.1, 0.15) is 6.10 Å². The molecule has 0 heterocycles. The molecule has 0 amide bonds. The highest BCUT2D eigenvalue weighted by molar-refractivity contribution is 5.69. The first kappa shape index (κ1) is 35.9. The van der Waals surface area contributed by atoms with Crippen LogP contribution < -0.4 is 0 Å². The second kappa shape index (κ2) is 29.5. The van der Waals surface area contributed by atoms with E-state index in [0.717, 1.165) is 77.0 Å². The van der Waals surface area contributed by atoms with Crippen molar-refractivity contribution in [3.63, 3.8) is 0 Å². The first-order valence-corrected chi connectivity index (χ1v) is 15.6. The molecule has 0 bridgehead atoms. The van der Waals surface area contributed by atoms with Crippen LogP contribution in [0.5, 0.6) is 0 Å². The van der Waals surface area contributed by atoms with Gasteiger partial charge in [0, 0.05) is 12.8 Å². The van der Waals surface area contributed by atoms with Gasteiger partial charge >= 0.3 is 11.9 Å². The SMILES string of the molecule is CC/C=C\C/C=C\C/C=C\C/C=C\C(CCCCCCCC(=O)O)OC(=O)CCCCCCCCCCC. The maximum atomic E-state index is 12.5. The molecule has 0 aromatic rings. The Morgan fingerprint density at radius 2 is 1.08 bits per heavy atom. The Morgan fingerprint density at radius 1 is 0.605 bits per heavy atom. The third kappa shape index (κ3) is 28.5. The molecule has 0 saturated heterocycles. The van der Waals surface area contributed by atoms with Crippen molar-refractivity contribution in [2.45, 2.75) is 155 Å². The van der Waals surface area contributed by atoms with Crippen LogP contribution in [-0.4, -0.2) is 23.1 Å². The van der Waals surface area contributed by atoms with Crippen molar-refractivity contribution in [1.82, 2.24) is 0 Å². The number of aliphatic carboxylic acids is 1. The van der Waals surface area contributed by atoms with Crippen LogP contribution in [0.25, 0.3) is 0 Å². The molecule has 1 N–H and O–H groups in total. The van der Waals surface area contributed by atoms with E-state index in [9.17, 15) is 9.59 Å². The number of esters is 1. The zero-order valence-corrected chi connectivity index (χ0v) is 24.7. The lowest BCUT2D eigenvalue weighted by molar-refractivity contribution is -0.147. The van der Waals surface area contributed by atoms with E-state index in [2.05, 4.69) is 56.4 Å². The van der Waals surface area contributed by atoms with Crippen molar-refractivity contribution in [3.8, 4) is 0 Å². The molecule has 1 unspecified atom stereocenters. The number of allylic oxidation sites excluding steroid dienone is 7. The van der Waals surface area contributed by atoms with Crippen molar-refractivity contribution in [2.24, 2.45) is 0 Å². The molecule has 0 aliphatic rings. The molecule has 4 heteroatoms. The summed E-state index contributed by atoms with van der Waals surface area (Å²) in [6.45, 7) is 4.39. The van der Waals surface area contributed by atoms with Crippen molar-refractivity contribution in [2.75, 3.05) is 0 Å². The Balaban J connectivity index is 4.31. The second-order valence-electron chi connectivity index (χ2n) is 10.3. The highest BCUT2D eigenvalue weighted by atomic mass is 16.5. The first-order chi connectivity index (χ1) is 18.6. The van der Waals surface area contributed by atoms with Crippen molar-refractivity contribution < 1.29 is 19.4 Å². The van der Waals surface area contributed by atoms with E-state index >= 15 is 0 Å². The number of ether oxygens (including phenoxy) is 1. The van der Waals surface area contributed by atoms with Gasteiger partial charge in [-0.15, -0.1) is 0 Å². The Bertz CT molecular complexity index is 659. The highest BCUT2D eigenvalue weighted by Gasteiger charge is 2.11. The van der Waals surface area contributed by atoms with E-state index in [0.29, 0.717) is 6.42 Å². The monoisotopic (exact) mass is 530 g/mol. The minimum atomic E-state index is -0.719. The van der Waals surface area contributed by atoms with Crippen LogP contribution in [0.15, 0.2) is 48.6 Å². The molecule has 0 aliphatic heterocycles. The zero-order chi connectivity index (χ0) is 27.9. The average Bonchev–Trinajstić information content (AvgIpc) is 2.89. The fourth-order valence-corrected chi connectivity index (χ4v) is 4.27. The molecule has 1 atom stereocenters. The van der Waals surface area contributed by atoms with E-state index in [1.165, 1.54) is 44.9 Å². The van der Waals surface area contributed by atoms with Crippen LogP contribution in [0.1, 0.15) is 149 Å². The van der Waals surface area contributed by atoms with E-state index in [1.807, 2.05) is 6.08 Å². The maximum Gasteiger partial charge on any atom is 0.306 e. The molecule has 0 aromatic carbocycles. The molecule has 0 rings (SSSR count). The standard InChI is InChI=1S/C34H58O4/c1-3-5-7-9-11-13-14-16-17-20-24-28-32(29-25-21-19-22-26-30-33(35)36)38-34(37)31-27-23-18-15-12-10-8-6-4-2/h5,7,11,13,16-17,24,28,32H,3-4,6,8-10,12,14-15,18-23,25-27,29-31H2,1-2H3,(H,35,36)/b7-5-,13-11-,17-16-,28-24-. The summed E-state index contributed by atoms with van der Waals surface area (Å²) in [6.07, 6.45) is 38.4. The molecule has 0 fully saturated rings. The third-order valence-corrected chi connectivity index (χ3v) is 6.55. The predicted octanol–water partition coefficient (Wildman–Crippen LogP) is 10.4. The van der Waals surface area contributed by atoms with Crippen molar-refractivity contribution in [1.29, 1.82) is 0 Å². The summed E-state index contributed by atoms with van der Waals surface area (Å²) < 4.78 is 5.83. The number of carboxylic acids is 1. The number of carbonyl (C=O) groups excluding carboxylic acids is 1. The number of unbranched alkanes of at least 4 members (excludes halogenated alkanes) is 12. The van der Waals surface area contributed by atoms with Gasteiger partial charge in [0.25, 0.3) is 0 Å². The Hall–Kier alpha value is -2.10. The number of hydrogen-bond acceptors (Lipinski definition) is 3. The minimum Gasteiger partial charge on any atom is -0.481 e. The molecule has 4 nitrogen and oxygen atoms in total. The molecular formula is C34H58O4. The quantitative estimate of drug-likeness (QED) is 0.0651. The number of carbonyl (C=O) groups is 2. The normalized spacial score (nSPS) is 12.9. The lowest BCUT2D eigenvalue weighted by atomic mass is 10.1. The van der Waals surface area contributed by atoms with Crippen molar-refractivity contribution >= 4 is 11.9 Å². The third-order valence-electron chi connectivity index (χ3n) is 6.55. The maximum absolute atomic E-state index is 12.5. The first-order valence-electron chi connectivity index (χ1n) is 15.6. The summed E-state index contributed by atoms with van der Waals surface area (Å²) in [7, 11) is 0. The molecular weight excluding hydrogens is 472 g/mol. The summed E-state index contributed by atoms with van der Waals surface area (Å²) in [6, 6.07) is 0. The van der Waals surface area contributed by atoms with Gasteiger partial charge < -0.3 is 9.84 Å². The van der Waals surface area contributed by atoms with Crippen LogP contribution in [0.4, 0.5) is 0 Å². The van der Waals surface area contributed by atoms with Gasteiger partial charge in [0.2, 0.25) is 0 Å². The summed E-state index contributed by atoms with van der Waals surface area (Å²) in [4.78, 5) is 23.1. The lowest BCUT2D eigenvalue weighted by Gasteiger charge is -2.14. The highest BCUT2D eigenvalue weighted by Crippen LogP contribution is 2.15. The lowest BCUT2D eigenvalue weighted by Crippen LogP contribution is -2.16. The van der Waals surface area contributed by atoms with Crippen LogP contribution in [-0.2, 0) is 14.3 Å².